The first-order valence-corrected chi connectivity index (χ1v) is 5.77. The molecule has 0 aliphatic rings. The molecule has 0 bridgehead atoms. The Kier molecular flexibility index (Phi) is 3.94. The van der Waals surface area contributed by atoms with Crippen LogP contribution in [0.15, 0.2) is 24.3 Å². The first-order valence-electron chi connectivity index (χ1n) is 5.40. The monoisotopic (exact) mass is 298 g/mol. The lowest BCUT2D eigenvalue weighted by Crippen LogP contribution is -2.23. The average molecular weight is 299 g/mol. The first-order chi connectivity index (χ1) is 9.49. The third-order valence-electron chi connectivity index (χ3n) is 2.45. The smallest absolute Gasteiger partial charge is 0.358 e. The van der Waals surface area contributed by atoms with Crippen molar-refractivity contribution in [1.82, 2.24) is 15.5 Å². The van der Waals surface area contributed by atoms with E-state index in [1.807, 2.05) is 0 Å². The largest absolute Gasteiger partial charge is 0.362 e. The molecule has 0 radical (unpaired) electrons. The maximum Gasteiger partial charge on any atom is 0.362 e. The Morgan fingerprint density at radius 2 is 2.10 bits per heavy atom. The summed E-state index contributed by atoms with van der Waals surface area (Å²) in [5.74, 6) is -1.59. The van der Waals surface area contributed by atoms with Gasteiger partial charge in [0.1, 0.15) is 5.82 Å². The summed E-state index contributed by atoms with van der Waals surface area (Å²) in [5.41, 5.74) is 0.404. The van der Waals surface area contributed by atoms with E-state index in [-0.39, 0.29) is 23.1 Å². The fourth-order valence-corrected chi connectivity index (χ4v) is 1.70. The van der Waals surface area contributed by atoms with E-state index >= 15 is 0 Å². The first kappa shape index (κ1) is 13.9. The Labute approximate surface area is 116 Å². The van der Waals surface area contributed by atoms with Crippen molar-refractivity contribution < 1.29 is 14.1 Å². The van der Waals surface area contributed by atoms with Gasteiger partial charge in [-0.05, 0) is 22.6 Å². The summed E-state index contributed by atoms with van der Waals surface area (Å²) in [6, 6.07) is 5.52. The summed E-state index contributed by atoms with van der Waals surface area (Å²) in [4.78, 5) is 21.5. The number of nitrogens with zero attached hydrogens (tertiary/aromatic N) is 2. The van der Waals surface area contributed by atoms with Gasteiger partial charge in [-0.2, -0.15) is 0 Å². The predicted octanol–water partition coefficient (Wildman–Crippen LogP) is 2.04. The molecule has 104 valence electrons. The van der Waals surface area contributed by atoms with Gasteiger partial charge in [-0.15, -0.1) is 5.10 Å². The van der Waals surface area contributed by atoms with Crippen LogP contribution < -0.4 is 5.32 Å². The van der Waals surface area contributed by atoms with Gasteiger partial charge >= 0.3 is 5.82 Å². The number of hydrogen-bond acceptors (Lipinski definition) is 4. The minimum absolute atomic E-state index is 0.121. The van der Waals surface area contributed by atoms with Gasteiger partial charge in [0.25, 0.3) is 5.91 Å². The van der Waals surface area contributed by atoms with Crippen LogP contribution in [-0.4, -0.2) is 21.0 Å². The predicted molar refractivity (Wildman–Crippen MR) is 67.8 cm³/mol. The van der Waals surface area contributed by atoms with Crippen LogP contribution in [0.4, 0.5) is 10.2 Å². The topological polar surface area (TPSA) is 101 Å². The highest BCUT2D eigenvalue weighted by molar-refractivity contribution is 6.35. The number of hydrogen-bond donors (Lipinski definition) is 2. The van der Waals surface area contributed by atoms with Crippen LogP contribution >= 0.6 is 11.6 Å². The molecule has 2 N–H and O–H groups in total. The zero-order chi connectivity index (χ0) is 14.7. The van der Waals surface area contributed by atoms with Crippen LogP contribution in [0.25, 0.3) is 0 Å². The van der Waals surface area contributed by atoms with Gasteiger partial charge in [-0.25, -0.2) is 4.39 Å². The molecular formula is C11H8ClFN4O3. The van der Waals surface area contributed by atoms with Crippen LogP contribution in [0.2, 0.25) is 5.02 Å². The lowest BCUT2D eigenvalue weighted by molar-refractivity contribution is -0.389. The second-order valence-electron chi connectivity index (χ2n) is 3.80. The molecule has 0 aliphatic carbocycles. The standard InChI is InChI=1S/C11H8ClFN4O3/c12-8-9(15-16-10(8)17(19)20)11(18)14-5-6-1-3-7(13)4-2-6/h1-4H,5H2,(H,14,18)(H,15,16). The second kappa shape index (κ2) is 5.66. The maximum atomic E-state index is 12.7. The number of halogens is 2. The summed E-state index contributed by atoms with van der Waals surface area (Å²) >= 11 is 5.67. The van der Waals surface area contributed by atoms with Crippen molar-refractivity contribution in [2.45, 2.75) is 6.54 Å². The quantitative estimate of drug-likeness (QED) is 0.666. The normalized spacial score (nSPS) is 10.3. The number of nitro groups is 1. The number of benzene rings is 1. The van der Waals surface area contributed by atoms with Gasteiger partial charge in [0.2, 0.25) is 0 Å². The molecule has 7 nitrogen and oxygen atoms in total. The number of aromatic amines is 1. The van der Waals surface area contributed by atoms with E-state index in [1.54, 1.807) is 0 Å². The molecular weight excluding hydrogens is 291 g/mol. The Morgan fingerprint density at radius 3 is 2.65 bits per heavy atom. The van der Waals surface area contributed by atoms with E-state index in [9.17, 15) is 19.3 Å². The molecule has 2 rings (SSSR count). The fraction of sp³-hybridized carbons (Fsp3) is 0.0909. The van der Waals surface area contributed by atoms with Crippen molar-refractivity contribution in [1.29, 1.82) is 0 Å². The van der Waals surface area contributed by atoms with Crippen molar-refractivity contribution in [3.63, 3.8) is 0 Å². The number of nitrogens with one attached hydrogen (secondary N) is 2. The number of amides is 1. The molecule has 0 saturated carbocycles. The van der Waals surface area contributed by atoms with Crippen LogP contribution in [0, 0.1) is 15.9 Å². The molecule has 20 heavy (non-hydrogen) atoms. The number of carbonyl (C=O) groups excluding carboxylic acids is 1. The minimum Gasteiger partial charge on any atom is -0.358 e. The number of carbonyl (C=O) groups is 1. The van der Waals surface area contributed by atoms with Gasteiger partial charge < -0.3 is 15.4 Å². The highest BCUT2D eigenvalue weighted by Gasteiger charge is 2.24. The van der Waals surface area contributed by atoms with Crippen LogP contribution in [0.1, 0.15) is 16.1 Å². The van der Waals surface area contributed by atoms with Gasteiger partial charge in [0.15, 0.2) is 10.7 Å². The van der Waals surface area contributed by atoms with Crippen molar-refractivity contribution in [3.8, 4) is 0 Å². The van der Waals surface area contributed by atoms with Crippen molar-refractivity contribution >= 4 is 23.3 Å². The fourth-order valence-electron chi connectivity index (χ4n) is 1.46. The van der Waals surface area contributed by atoms with Gasteiger partial charge in [-0.3, -0.25) is 4.79 Å². The van der Waals surface area contributed by atoms with E-state index in [1.165, 1.54) is 24.3 Å². The summed E-state index contributed by atoms with van der Waals surface area (Å²) in [6.07, 6.45) is 0. The number of rotatable bonds is 4. The Morgan fingerprint density at radius 1 is 1.45 bits per heavy atom. The molecule has 1 aromatic heterocycles. The molecule has 9 heteroatoms. The summed E-state index contributed by atoms with van der Waals surface area (Å²) < 4.78 is 12.7. The Hall–Kier alpha value is -2.48. The molecule has 0 unspecified atom stereocenters. The zero-order valence-corrected chi connectivity index (χ0v) is 10.6. The van der Waals surface area contributed by atoms with E-state index in [0.717, 1.165) is 0 Å². The lowest BCUT2D eigenvalue weighted by Gasteiger charge is -2.03. The number of aromatic nitrogens is 2. The van der Waals surface area contributed by atoms with Gasteiger partial charge in [-0.1, -0.05) is 28.8 Å². The maximum absolute atomic E-state index is 12.7. The average Bonchev–Trinajstić information content (AvgIpc) is 2.80. The third-order valence-corrected chi connectivity index (χ3v) is 2.81. The van der Waals surface area contributed by atoms with Crippen molar-refractivity contribution in [3.05, 3.63) is 56.5 Å². The summed E-state index contributed by atoms with van der Waals surface area (Å²) in [6.45, 7) is 0.121. The van der Waals surface area contributed by atoms with Crippen molar-refractivity contribution in [2.75, 3.05) is 0 Å². The third kappa shape index (κ3) is 2.91. The van der Waals surface area contributed by atoms with Gasteiger partial charge in [0, 0.05) is 6.54 Å². The highest BCUT2D eigenvalue weighted by atomic mass is 35.5. The number of H-pyrrole nitrogens is 1. The molecule has 1 amide bonds. The molecule has 1 aromatic carbocycles. The second-order valence-corrected chi connectivity index (χ2v) is 4.18. The molecule has 0 aliphatic heterocycles. The highest BCUT2D eigenvalue weighted by Crippen LogP contribution is 2.24. The molecule has 2 aromatic rings. The molecule has 1 heterocycles. The lowest BCUT2D eigenvalue weighted by atomic mass is 10.2. The Balaban J connectivity index is 2.05. The van der Waals surface area contributed by atoms with Crippen LogP contribution in [0.5, 0.6) is 0 Å². The van der Waals surface area contributed by atoms with E-state index in [4.69, 9.17) is 11.6 Å². The van der Waals surface area contributed by atoms with Crippen LogP contribution in [0.3, 0.4) is 0 Å². The van der Waals surface area contributed by atoms with E-state index in [0.29, 0.717) is 5.56 Å². The Bertz CT molecular complexity index is 656. The zero-order valence-electron chi connectivity index (χ0n) is 9.89. The van der Waals surface area contributed by atoms with Crippen molar-refractivity contribution in [2.24, 2.45) is 0 Å². The summed E-state index contributed by atoms with van der Waals surface area (Å²) in [5, 5.41) is 18.2. The summed E-state index contributed by atoms with van der Waals surface area (Å²) in [7, 11) is 0. The SMILES string of the molecule is O=C(NCc1ccc(F)cc1)c1n[nH]c([N+](=O)[O-])c1Cl. The minimum atomic E-state index is -0.772. The molecule has 0 saturated heterocycles. The van der Waals surface area contributed by atoms with E-state index in [2.05, 4.69) is 15.5 Å². The van der Waals surface area contributed by atoms with Crippen LogP contribution in [-0.2, 0) is 6.54 Å². The van der Waals surface area contributed by atoms with E-state index < -0.39 is 16.6 Å². The molecule has 0 atom stereocenters. The molecule has 0 fully saturated rings. The van der Waals surface area contributed by atoms with Gasteiger partial charge in [0.05, 0.1) is 0 Å². The molecule has 0 spiro atoms.